The maximum atomic E-state index is 12.2. The summed E-state index contributed by atoms with van der Waals surface area (Å²) in [5, 5.41) is 11.8. The number of H-pyrrole nitrogens is 1. The monoisotopic (exact) mass is 308 g/mol. The van der Waals surface area contributed by atoms with E-state index in [2.05, 4.69) is 10.3 Å². The van der Waals surface area contributed by atoms with Crippen molar-refractivity contribution in [1.29, 1.82) is 0 Å². The van der Waals surface area contributed by atoms with Gasteiger partial charge in [0.15, 0.2) is 5.78 Å². The number of rotatable bonds is 7. The third kappa shape index (κ3) is 4.19. The van der Waals surface area contributed by atoms with Gasteiger partial charge >= 0.3 is 5.97 Å². The van der Waals surface area contributed by atoms with Crippen molar-refractivity contribution < 1.29 is 19.5 Å². The van der Waals surface area contributed by atoms with Gasteiger partial charge in [-0.25, -0.2) is 0 Å². The molecule has 0 aliphatic carbocycles. The molecule has 0 fully saturated rings. The summed E-state index contributed by atoms with van der Waals surface area (Å²) in [5.74, 6) is -1.79. The van der Waals surface area contributed by atoms with Crippen molar-refractivity contribution in [2.75, 3.05) is 6.54 Å². The second-order valence-electron chi connectivity index (χ2n) is 6.06. The lowest BCUT2D eigenvalue weighted by atomic mass is 9.97. The third-order valence-corrected chi connectivity index (χ3v) is 3.63. The number of hydrogen-bond donors (Lipinski definition) is 3. The number of carbonyl (C=O) groups excluding carboxylic acids is 2. The van der Waals surface area contributed by atoms with Gasteiger partial charge in [0.2, 0.25) is 0 Å². The fourth-order valence-electron chi connectivity index (χ4n) is 2.65. The van der Waals surface area contributed by atoms with Crippen LogP contribution in [0.25, 0.3) is 0 Å². The summed E-state index contributed by atoms with van der Waals surface area (Å²) in [6.45, 7) is 8.84. The van der Waals surface area contributed by atoms with Gasteiger partial charge < -0.3 is 15.4 Å². The molecule has 22 heavy (non-hydrogen) atoms. The summed E-state index contributed by atoms with van der Waals surface area (Å²) in [6, 6.07) is 0. The molecule has 1 amide bonds. The normalized spacial score (nSPS) is 12.3. The predicted molar refractivity (Wildman–Crippen MR) is 83.2 cm³/mol. The van der Waals surface area contributed by atoms with Crippen LogP contribution in [0.1, 0.15) is 59.3 Å². The Morgan fingerprint density at radius 3 is 2.23 bits per heavy atom. The zero-order valence-corrected chi connectivity index (χ0v) is 13.7. The van der Waals surface area contributed by atoms with Crippen molar-refractivity contribution in [3.05, 3.63) is 22.5 Å². The van der Waals surface area contributed by atoms with E-state index >= 15 is 0 Å². The van der Waals surface area contributed by atoms with Gasteiger partial charge in [-0.1, -0.05) is 13.8 Å². The van der Waals surface area contributed by atoms with Crippen molar-refractivity contribution in [2.45, 2.75) is 41.0 Å². The minimum atomic E-state index is -0.919. The first-order valence-electron chi connectivity index (χ1n) is 7.36. The van der Waals surface area contributed by atoms with Crippen molar-refractivity contribution in [2.24, 2.45) is 11.8 Å². The number of ketones is 1. The molecule has 1 aromatic rings. The lowest BCUT2D eigenvalue weighted by Gasteiger charge is -2.15. The molecule has 1 heterocycles. The standard InChI is InChI=1S/C16H24N2O4/c1-8(2)6-12(16(21)22)7-17-15(20)14-9(3)13(11(5)19)10(4)18-14/h8,12,18H,6-7H2,1-5H3,(H,17,20)(H,21,22). The Hall–Kier alpha value is -2.11. The summed E-state index contributed by atoms with van der Waals surface area (Å²) in [6.07, 6.45) is 0.497. The summed E-state index contributed by atoms with van der Waals surface area (Å²) >= 11 is 0. The number of nitrogens with one attached hydrogen (secondary N) is 2. The van der Waals surface area contributed by atoms with Crippen LogP contribution >= 0.6 is 0 Å². The Labute approximate surface area is 130 Å². The Morgan fingerprint density at radius 2 is 1.82 bits per heavy atom. The van der Waals surface area contributed by atoms with E-state index in [1.165, 1.54) is 6.92 Å². The largest absolute Gasteiger partial charge is 0.481 e. The predicted octanol–water partition coefficient (Wildman–Crippen LogP) is 2.31. The topological polar surface area (TPSA) is 99.3 Å². The molecule has 0 saturated heterocycles. The molecule has 1 aromatic heterocycles. The van der Waals surface area contributed by atoms with E-state index in [-0.39, 0.29) is 24.2 Å². The molecule has 6 nitrogen and oxygen atoms in total. The van der Waals surface area contributed by atoms with Crippen molar-refractivity contribution in [3.63, 3.8) is 0 Å². The minimum absolute atomic E-state index is 0.0687. The summed E-state index contributed by atoms with van der Waals surface area (Å²) in [5.41, 5.74) is 2.07. The summed E-state index contributed by atoms with van der Waals surface area (Å²) in [7, 11) is 0. The molecular formula is C16H24N2O4. The smallest absolute Gasteiger partial charge is 0.308 e. The maximum absolute atomic E-state index is 12.2. The highest BCUT2D eigenvalue weighted by Crippen LogP contribution is 2.18. The van der Waals surface area contributed by atoms with E-state index in [0.29, 0.717) is 28.9 Å². The van der Waals surface area contributed by atoms with Crippen LogP contribution in [0.15, 0.2) is 0 Å². The maximum Gasteiger partial charge on any atom is 0.308 e. The second kappa shape index (κ2) is 7.24. The molecule has 0 aliphatic heterocycles. The molecule has 1 unspecified atom stereocenters. The molecule has 0 spiro atoms. The first-order valence-corrected chi connectivity index (χ1v) is 7.36. The van der Waals surface area contributed by atoms with E-state index in [1.54, 1.807) is 13.8 Å². The molecule has 1 rings (SSSR count). The Kier molecular flexibility index (Phi) is 5.91. The molecule has 0 aromatic carbocycles. The van der Waals surface area contributed by atoms with E-state index < -0.39 is 11.9 Å². The SMILES string of the molecule is CC(=O)c1c(C)[nH]c(C(=O)NCC(CC(C)C)C(=O)O)c1C. The number of aryl methyl sites for hydroxylation is 1. The van der Waals surface area contributed by atoms with Gasteiger partial charge in [-0.05, 0) is 38.7 Å². The molecule has 0 aliphatic rings. The number of carboxylic acids is 1. The van der Waals surface area contributed by atoms with Crippen LogP contribution in [0.3, 0.4) is 0 Å². The quantitative estimate of drug-likeness (QED) is 0.673. The summed E-state index contributed by atoms with van der Waals surface area (Å²) < 4.78 is 0. The van der Waals surface area contributed by atoms with Crippen LogP contribution in [-0.2, 0) is 4.79 Å². The fraction of sp³-hybridized carbons (Fsp3) is 0.562. The molecular weight excluding hydrogens is 284 g/mol. The number of Topliss-reactive ketones (excluding diaryl/α,β-unsaturated/α-hetero) is 1. The van der Waals surface area contributed by atoms with Crippen molar-refractivity contribution >= 4 is 17.7 Å². The average Bonchev–Trinajstić information content (AvgIpc) is 2.68. The van der Waals surface area contributed by atoms with Gasteiger partial charge in [0.1, 0.15) is 5.69 Å². The first-order chi connectivity index (χ1) is 10.1. The van der Waals surface area contributed by atoms with Crippen LogP contribution in [0.2, 0.25) is 0 Å². The number of hydrogen-bond acceptors (Lipinski definition) is 3. The molecule has 0 bridgehead atoms. The van der Waals surface area contributed by atoms with Gasteiger partial charge in [0, 0.05) is 17.8 Å². The molecule has 6 heteroatoms. The zero-order chi connectivity index (χ0) is 17.0. The minimum Gasteiger partial charge on any atom is -0.481 e. The lowest BCUT2D eigenvalue weighted by Crippen LogP contribution is -2.34. The highest BCUT2D eigenvalue weighted by Gasteiger charge is 2.23. The van der Waals surface area contributed by atoms with E-state index in [0.717, 1.165) is 0 Å². The Bertz CT molecular complexity index is 587. The van der Waals surface area contributed by atoms with Gasteiger partial charge in [-0.15, -0.1) is 0 Å². The van der Waals surface area contributed by atoms with E-state index in [4.69, 9.17) is 0 Å². The molecule has 0 radical (unpaired) electrons. The number of aromatic amines is 1. The number of amides is 1. The molecule has 122 valence electrons. The number of aromatic nitrogens is 1. The van der Waals surface area contributed by atoms with Crippen LogP contribution in [-0.4, -0.2) is 34.3 Å². The Morgan fingerprint density at radius 1 is 1.23 bits per heavy atom. The van der Waals surface area contributed by atoms with E-state index in [9.17, 15) is 19.5 Å². The lowest BCUT2D eigenvalue weighted by molar-refractivity contribution is -0.142. The van der Waals surface area contributed by atoms with Crippen LogP contribution in [0, 0.1) is 25.7 Å². The Balaban J connectivity index is 2.83. The fourth-order valence-corrected chi connectivity index (χ4v) is 2.65. The van der Waals surface area contributed by atoms with Crippen molar-refractivity contribution in [3.8, 4) is 0 Å². The second-order valence-corrected chi connectivity index (χ2v) is 6.06. The van der Waals surface area contributed by atoms with Crippen LogP contribution < -0.4 is 5.32 Å². The van der Waals surface area contributed by atoms with Gasteiger partial charge in [0.05, 0.1) is 5.92 Å². The zero-order valence-electron chi connectivity index (χ0n) is 13.7. The third-order valence-electron chi connectivity index (χ3n) is 3.63. The van der Waals surface area contributed by atoms with Gasteiger partial charge in [-0.3, -0.25) is 14.4 Å². The number of carboxylic acid groups (broad SMARTS) is 1. The average molecular weight is 308 g/mol. The first kappa shape index (κ1) is 17.9. The number of carbonyl (C=O) groups is 3. The van der Waals surface area contributed by atoms with Gasteiger partial charge in [0.25, 0.3) is 5.91 Å². The van der Waals surface area contributed by atoms with E-state index in [1.807, 2.05) is 13.8 Å². The highest BCUT2D eigenvalue weighted by atomic mass is 16.4. The molecule has 3 N–H and O–H groups in total. The van der Waals surface area contributed by atoms with Gasteiger partial charge in [-0.2, -0.15) is 0 Å². The number of aliphatic carboxylic acids is 1. The van der Waals surface area contributed by atoms with Crippen LogP contribution in [0.4, 0.5) is 0 Å². The van der Waals surface area contributed by atoms with Crippen molar-refractivity contribution in [1.82, 2.24) is 10.3 Å². The summed E-state index contributed by atoms with van der Waals surface area (Å²) in [4.78, 5) is 37.9. The highest BCUT2D eigenvalue weighted by molar-refractivity contribution is 6.02. The molecule has 0 saturated carbocycles. The van der Waals surface area contributed by atoms with Crippen LogP contribution in [0.5, 0.6) is 0 Å². The molecule has 1 atom stereocenters.